The fraction of sp³-hybridized carbons (Fsp3) is 0.391. The van der Waals surface area contributed by atoms with Gasteiger partial charge in [-0.1, -0.05) is 46.4 Å². The molecule has 0 amide bonds. The molecule has 34 heavy (non-hydrogen) atoms. The summed E-state index contributed by atoms with van der Waals surface area (Å²) in [7, 11) is -4.05. The normalized spacial score (nSPS) is 14.6. The van der Waals surface area contributed by atoms with Crippen molar-refractivity contribution in [2.24, 2.45) is 0 Å². The van der Waals surface area contributed by atoms with E-state index in [4.69, 9.17) is 18.0 Å². The summed E-state index contributed by atoms with van der Waals surface area (Å²) in [6.07, 6.45) is 6.45. The molecule has 1 heterocycles. The molecule has 0 aromatic heterocycles. The summed E-state index contributed by atoms with van der Waals surface area (Å²) in [5.74, 6) is 2.47. The molecule has 0 radical (unpaired) electrons. The number of halogens is 2. The maximum atomic E-state index is 13.8. The second-order valence-electron chi connectivity index (χ2n) is 7.79. The molecule has 0 saturated carbocycles. The molecule has 0 atom stereocenters. The third-order valence-electron chi connectivity index (χ3n) is 5.62. The molecule has 2 aromatic carbocycles. The van der Waals surface area contributed by atoms with Crippen molar-refractivity contribution in [3.63, 3.8) is 0 Å². The predicted octanol–water partition coefficient (Wildman–Crippen LogP) is 4.35. The van der Waals surface area contributed by atoms with Crippen LogP contribution >= 0.6 is 27.5 Å². The predicted molar refractivity (Wildman–Crippen MR) is 140 cm³/mol. The number of terminal acetylenes is 1. The SMILES string of the molecule is C#Cc1cc([N+](=O)[O-])cc(S(=O)(=O)N2CCN(c3cccc(Cl)c3)CC2)c1N(CCC)CCBr. The van der Waals surface area contributed by atoms with Crippen LogP contribution in [-0.2, 0) is 10.0 Å². The van der Waals surface area contributed by atoms with Crippen molar-refractivity contribution < 1.29 is 13.3 Å². The molecule has 1 aliphatic rings. The smallest absolute Gasteiger partial charge is 0.272 e. The number of anilines is 2. The van der Waals surface area contributed by atoms with Crippen molar-refractivity contribution in [1.29, 1.82) is 0 Å². The number of nitro groups is 1. The summed E-state index contributed by atoms with van der Waals surface area (Å²) in [5, 5.41) is 12.8. The van der Waals surface area contributed by atoms with Gasteiger partial charge in [-0.2, -0.15) is 4.31 Å². The first-order valence-corrected chi connectivity index (χ1v) is 13.8. The van der Waals surface area contributed by atoms with Gasteiger partial charge in [0.1, 0.15) is 4.90 Å². The molecule has 0 spiro atoms. The highest BCUT2D eigenvalue weighted by atomic mass is 79.9. The van der Waals surface area contributed by atoms with Crippen LogP contribution < -0.4 is 9.80 Å². The van der Waals surface area contributed by atoms with E-state index in [0.29, 0.717) is 42.2 Å². The van der Waals surface area contributed by atoms with Gasteiger partial charge in [-0.3, -0.25) is 10.1 Å². The van der Waals surface area contributed by atoms with Gasteiger partial charge in [0.2, 0.25) is 10.0 Å². The number of alkyl halides is 1. The lowest BCUT2D eigenvalue weighted by Gasteiger charge is -2.36. The molecule has 0 bridgehead atoms. The van der Waals surface area contributed by atoms with Gasteiger partial charge in [0.15, 0.2) is 0 Å². The Labute approximate surface area is 213 Å². The number of piperazine rings is 1. The van der Waals surface area contributed by atoms with Crippen molar-refractivity contribution in [1.82, 2.24) is 4.31 Å². The van der Waals surface area contributed by atoms with Gasteiger partial charge in [0.25, 0.3) is 5.69 Å². The largest absolute Gasteiger partial charge is 0.369 e. The number of hydrogen-bond acceptors (Lipinski definition) is 6. The molecule has 182 valence electrons. The number of nitro benzene ring substituents is 1. The van der Waals surface area contributed by atoms with E-state index < -0.39 is 14.9 Å². The van der Waals surface area contributed by atoms with E-state index in [1.54, 1.807) is 6.07 Å². The minimum Gasteiger partial charge on any atom is -0.369 e. The van der Waals surface area contributed by atoms with Gasteiger partial charge in [-0.05, 0) is 24.6 Å². The van der Waals surface area contributed by atoms with E-state index in [-0.39, 0.29) is 29.2 Å². The number of benzene rings is 2. The highest BCUT2D eigenvalue weighted by molar-refractivity contribution is 9.09. The van der Waals surface area contributed by atoms with Gasteiger partial charge < -0.3 is 9.80 Å². The summed E-state index contributed by atoms with van der Waals surface area (Å²) in [6, 6.07) is 9.80. The van der Waals surface area contributed by atoms with Crippen LogP contribution in [0, 0.1) is 22.5 Å². The van der Waals surface area contributed by atoms with Gasteiger partial charge in [-0.15, -0.1) is 6.42 Å². The van der Waals surface area contributed by atoms with Crippen molar-refractivity contribution in [3.8, 4) is 12.3 Å². The van der Waals surface area contributed by atoms with E-state index in [9.17, 15) is 18.5 Å². The molecule has 3 rings (SSSR count). The van der Waals surface area contributed by atoms with Crippen LogP contribution in [-0.4, -0.2) is 62.2 Å². The second kappa shape index (κ2) is 11.4. The van der Waals surface area contributed by atoms with E-state index >= 15 is 0 Å². The molecule has 1 fully saturated rings. The number of non-ortho nitro benzene ring substituents is 1. The zero-order chi connectivity index (χ0) is 24.9. The van der Waals surface area contributed by atoms with Crippen LogP contribution in [0.3, 0.4) is 0 Å². The number of sulfonamides is 1. The number of rotatable bonds is 9. The van der Waals surface area contributed by atoms with Crippen LogP contribution in [0.25, 0.3) is 0 Å². The topological polar surface area (TPSA) is 87.0 Å². The summed E-state index contributed by atoms with van der Waals surface area (Å²) in [4.78, 5) is 14.8. The minimum absolute atomic E-state index is 0.125. The Hall–Kier alpha value is -2.32. The first kappa shape index (κ1) is 26.3. The minimum atomic E-state index is -4.05. The summed E-state index contributed by atoms with van der Waals surface area (Å²) in [6.45, 7) is 4.43. The van der Waals surface area contributed by atoms with Crippen molar-refractivity contribution in [3.05, 3.63) is 57.1 Å². The van der Waals surface area contributed by atoms with Gasteiger partial charge in [0.05, 0.1) is 16.2 Å². The molecule has 8 nitrogen and oxygen atoms in total. The summed E-state index contributed by atoms with van der Waals surface area (Å²) < 4.78 is 29.0. The molecular weight excluding hydrogens is 544 g/mol. The fourth-order valence-electron chi connectivity index (χ4n) is 4.04. The zero-order valence-corrected chi connectivity index (χ0v) is 21.9. The Morgan fingerprint density at radius 1 is 1.21 bits per heavy atom. The molecule has 2 aromatic rings. The lowest BCUT2D eigenvalue weighted by molar-refractivity contribution is -0.385. The average molecular weight is 570 g/mol. The first-order valence-electron chi connectivity index (χ1n) is 10.8. The van der Waals surface area contributed by atoms with Crippen LogP contribution in [0.5, 0.6) is 0 Å². The molecule has 11 heteroatoms. The van der Waals surface area contributed by atoms with E-state index in [2.05, 4.69) is 26.8 Å². The highest BCUT2D eigenvalue weighted by Crippen LogP contribution is 2.36. The highest BCUT2D eigenvalue weighted by Gasteiger charge is 2.34. The van der Waals surface area contributed by atoms with Gasteiger partial charge in [-0.25, -0.2) is 8.42 Å². The monoisotopic (exact) mass is 568 g/mol. The van der Waals surface area contributed by atoms with Gasteiger partial charge >= 0.3 is 0 Å². The number of nitrogens with zero attached hydrogens (tertiary/aromatic N) is 4. The fourth-order valence-corrected chi connectivity index (χ4v) is 6.33. The Kier molecular flexibility index (Phi) is 8.82. The third-order valence-corrected chi connectivity index (χ3v) is 8.12. The molecular formula is C23H26BrClN4O4S. The maximum Gasteiger partial charge on any atom is 0.272 e. The summed E-state index contributed by atoms with van der Waals surface area (Å²) >= 11 is 9.51. The standard InChI is InChI=1S/C23H26BrClN4O4S/c1-3-9-27(10-8-24)23-18(4-2)15-21(29(30)31)17-22(23)34(32,33)28-13-11-26(12-14-28)20-7-5-6-19(25)16-20/h2,5-7,15-17H,3,8-14H2,1H3. The maximum absolute atomic E-state index is 13.8. The van der Waals surface area contributed by atoms with E-state index in [0.717, 1.165) is 18.2 Å². The Balaban J connectivity index is 2.02. The lowest BCUT2D eigenvalue weighted by Crippen LogP contribution is -2.49. The van der Waals surface area contributed by atoms with Crippen LogP contribution in [0.4, 0.5) is 17.1 Å². The van der Waals surface area contributed by atoms with Crippen molar-refractivity contribution in [2.75, 3.05) is 54.4 Å². The summed E-state index contributed by atoms with van der Waals surface area (Å²) in [5.41, 5.74) is 1.11. The van der Waals surface area contributed by atoms with Crippen LogP contribution in [0.15, 0.2) is 41.3 Å². The molecule has 0 aliphatic carbocycles. The number of hydrogen-bond donors (Lipinski definition) is 0. The molecule has 1 saturated heterocycles. The molecule has 0 N–H and O–H groups in total. The van der Waals surface area contributed by atoms with Crippen LogP contribution in [0.1, 0.15) is 18.9 Å². The Bertz CT molecular complexity index is 1190. The zero-order valence-electron chi connectivity index (χ0n) is 18.8. The quantitative estimate of drug-likeness (QED) is 0.193. The first-order chi connectivity index (χ1) is 16.2. The van der Waals surface area contributed by atoms with Gasteiger partial charge in [0, 0.05) is 67.4 Å². The van der Waals surface area contributed by atoms with E-state index in [1.807, 2.05) is 30.0 Å². The molecule has 1 aliphatic heterocycles. The van der Waals surface area contributed by atoms with E-state index in [1.165, 1.54) is 10.4 Å². The second-order valence-corrected chi connectivity index (χ2v) is 10.9. The Morgan fingerprint density at radius 3 is 2.47 bits per heavy atom. The molecule has 0 unspecified atom stereocenters. The van der Waals surface area contributed by atoms with Crippen molar-refractivity contribution >= 4 is 54.6 Å². The third kappa shape index (κ3) is 5.66. The average Bonchev–Trinajstić information content (AvgIpc) is 2.83. The van der Waals surface area contributed by atoms with Crippen LogP contribution in [0.2, 0.25) is 5.02 Å². The lowest BCUT2D eigenvalue weighted by atomic mass is 10.1. The Morgan fingerprint density at radius 2 is 1.91 bits per heavy atom. The van der Waals surface area contributed by atoms with Crippen molar-refractivity contribution in [2.45, 2.75) is 18.2 Å².